The van der Waals surface area contributed by atoms with Gasteiger partial charge in [-0.25, -0.2) is 22.7 Å². The van der Waals surface area contributed by atoms with E-state index in [0.29, 0.717) is 0 Å². The number of benzene rings is 1. The summed E-state index contributed by atoms with van der Waals surface area (Å²) in [5.41, 5.74) is -4.28. The van der Waals surface area contributed by atoms with Crippen molar-refractivity contribution in [2.24, 2.45) is 0 Å². The molecule has 0 aliphatic rings. The Morgan fingerprint density at radius 3 is 1.44 bits per heavy atom. The molecule has 0 aromatic heterocycles. The molecule has 0 bridgehead atoms. The molecule has 0 unspecified atom stereocenters. The van der Waals surface area contributed by atoms with E-state index in [1.54, 1.807) is 0 Å². The van der Waals surface area contributed by atoms with Crippen molar-refractivity contribution in [3.8, 4) is 0 Å². The Bertz CT molecular complexity index is 394. The van der Waals surface area contributed by atoms with Crippen LogP contribution in [0.3, 0.4) is 0 Å². The molecule has 0 aliphatic heterocycles. The molecular weight excluding hydrogens is 245 g/mol. The van der Waals surface area contributed by atoms with Crippen molar-refractivity contribution >= 4 is 0 Å². The van der Waals surface area contributed by atoms with E-state index in [2.05, 4.69) is 0 Å². The molecule has 16 heavy (non-hydrogen) atoms. The largest absolute Gasteiger partial charge is 0.422 e. The third-order valence-corrected chi connectivity index (χ3v) is 1.78. The average molecular weight is 247 g/mol. The maximum absolute atomic E-state index is 12.8. The summed E-state index contributed by atoms with van der Waals surface area (Å²) in [6.45, 7) is -1.70. The maximum atomic E-state index is 12.8. The van der Waals surface area contributed by atoms with Gasteiger partial charge in [0, 0.05) is 0 Å². The van der Waals surface area contributed by atoms with Gasteiger partial charge in [-0.3, -0.25) is 0 Å². The predicted molar refractivity (Wildman–Crippen MR) is 35.7 cm³/mol. The zero-order valence-corrected chi connectivity index (χ0v) is 7.26. The fourth-order valence-corrected chi connectivity index (χ4v) is 1.05. The van der Waals surface area contributed by atoms with Crippen molar-refractivity contribution in [1.82, 2.24) is 0 Å². The predicted octanol–water partition coefficient (Wildman–Crippen LogP) is 3.19. The highest BCUT2D eigenvalue weighted by Gasteiger charge is 2.42. The minimum absolute atomic E-state index is 1.59. The van der Waals surface area contributed by atoms with Crippen LogP contribution in [-0.2, 0) is 17.9 Å². The van der Waals surface area contributed by atoms with Crippen LogP contribution in [0.5, 0.6) is 0 Å². The van der Waals surface area contributed by atoms with Gasteiger partial charge in [-0.1, -0.05) is 0 Å². The summed E-state index contributed by atoms with van der Waals surface area (Å²) in [5, 5.41) is 10.1. The van der Waals surface area contributed by atoms with Crippen LogP contribution >= 0.6 is 0 Å². The highest BCUT2D eigenvalue weighted by atomic mass is 19.4. The van der Waals surface area contributed by atoms with Crippen LogP contribution in [0.25, 0.3) is 0 Å². The van der Waals surface area contributed by atoms with E-state index in [1.807, 2.05) is 0 Å². The molecular formula is C8H2F7O. The van der Waals surface area contributed by atoms with Crippen molar-refractivity contribution in [2.45, 2.75) is 12.8 Å². The van der Waals surface area contributed by atoms with Gasteiger partial charge in [0.1, 0.15) is 12.2 Å². The highest BCUT2D eigenvalue weighted by molar-refractivity contribution is 5.31. The van der Waals surface area contributed by atoms with Crippen LogP contribution in [0, 0.1) is 23.3 Å². The number of rotatable bonds is 1. The molecule has 0 N–H and O–H groups in total. The standard InChI is InChI=1S/C8H2F7O/c9-4-2(1-16)5(10)7(12)3(6(4)11)8(13,14)15/h1H2. The van der Waals surface area contributed by atoms with Crippen LogP contribution in [-0.4, -0.2) is 0 Å². The smallest absolute Gasteiger partial charge is 0.231 e. The van der Waals surface area contributed by atoms with Gasteiger partial charge in [0.25, 0.3) is 0 Å². The van der Waals surface area contributed by atoms with Crippen molar-refractivity contribution in [1.29, 1.82) is 0 Å². The van der Waals surface area contributed by atoms with Gasteiger partial charge < -0.3 is 0 Å². The van der Waals surface area contributed by atoms with Gasteiger partial charge in [0.15, 0.2) is 23.3 Å². The fourth-order valence-electron chi connectivity index (χ4n) is 1.05. The van der Waals surface area contributed by atoms with Crippen molar-refractivity contribution in [2.75, 3.05) is 0 Å². The summed E-state index contributed by atoms with van der Waals surface area (Å²) >= 11 is 0. The highest BCUT2D eigenvalue weighted by Crippen LogP contribution is 2.36. The molecule has 0 saturated heterocycles. The first-order valence-corrected chi connectivity index (χ1v) is 3.72. The van der Waals surface area contributed by atoms with E-state index in [4.69, 9.17) is 0 Å². The number of hydrogen-bond donors (Lipinski definition) is 0. The van der Waals surface area contributed by atoms with Gasteiger partial charge in [-0.15, -0.1) is 0 Å². The zero-order chi connectivity index (χ0) is 12.7. The fraction of sp³-hybridized carbons (Fsp3) is 0.250. The molecule has 0 atom stereocenters. The minimum Gasteiger partial charge on any atom is -0.231 e. The number of hydrogen-bond acceptors (Lipinski definition) is 0. The molecule has 8 heteroatoms. The Balaban J connectivity index is 3.67. The SMILES string of the molecule is [O]Cc1c(F)c(F)c(C(F)(F)F)c(F)c1F. The summed E-state index contributed by atoms with van der Waals surface area (Å²) in [5.74, 6) is -9.86. The Morgan fingerprint density at radius 2 is 1.19 bits per heavy atom. The lowest BCUT2D eigenvalue weighted by Gasteiger charge is -2.12. The Hall–Kier alpha value is -1.31. The second-order valence-corrected chi connectivity index (χ2v) is 2.75. The van der Waals surface area contributed by atoms with Crippen molar-refractivity contribution in [3.05, 3.63) is 34.4 Å². The molecule has 0 spiro atoms. The zero-order valence-electron chi connectivity index (χ0n) is 7.26. The van der Waals surface area contributed by atoms with E-state index >= 15 is 0 Å². The molecule has 1 radical (unpaired) electrons. The van der Waals surface area contributed by atoms with Crippen LogP contribution in [0.1, 0.15) is 11.1 Å². The van der Waals surface area contributed by atoms with Crippen LogP contribution in [0.15, 0.2) is 0 Å². The molecule has 1 aromatic rings. The minimum atomic E-state index is -5.59. The molecule has 0 amide bonds. The van der Waals surface area contributed by atoms with Crippen molar-refractivity contribution in [3.63, 3.8) is 0 Å². The molecule has 0 heterocycles. The summed E-state index contributed by atoms with van der Waals surface area (Å²) < 4.78 is 87.0. The van der Waals surface area contributed by atoms with Gasteiger partial charge in [-0.05, 0) is 0 Å². The lowest BCUT2D eigenvalue weighted by Crippen LogP contribution is -2.17. The number of alkyl halides is 3. The Kier molecular flexibility index (Phi) is 3.13. The lowest BCUT2D eigenvalue weighted by atomic mass is 10.1. The normalized spacial score (nSPS) is 12.0. The molecule has 1 rings (SSSR count). The van der Waals surface area contributed by atoms with E-state index < -0.39 is 47.2 Å². The van der Waals surface area contributed by atoms with Gasteiger partial charge in [-0.2, -0.15) is 13.2 Å². The Morgan fingerprint density at radius 1 is 0.812 bits per heavy atom. The van der Waals surface area contributed by atoms with E-state index in [-0.39, 0.29) is 0 Å². The molecule has 0 fully saturated rings. The number of halogens is 7. The van der Waals surface area contributed by atoms with Gasteiger partial charge >= 0.3 is 6.18 Å². The second kappa shape index (κ2) is 3.93. The first-order chi connectivity index (χ1) is 7.21. The Labute approximate surface area is 84.1 Å². The quantitative estimate of drug-likeness (QED) is 0.536. The van der Waals surface area contributed by atoms with E-state index in [9.17, 15) is 35.8 Å². The average Bonchev–Trinajstić information content (AvgIpc) is 2.14. The summed E-state index contributed by atoms with van der Waals surface area (Å²) in [7, 11) is 0. The summed E-state index contributed by atoms with van der Waals surface area (Å²) in [6.07, 6.45) is -5.59. The van der Waals surface area contributed by atoms with Gasteiger partial charge in [0.2, 0.25) is 0 Å². The molecule has 89 valence electrons. The third kappa shape index (κ3) is 1.84. The van der Waals surface area contributed by atoms with E-state index in [0.717, 1.165) is 0 Å². The first kappa shape index (κ1) is 12.8. The summed E-state index contributed by atoms with van der Waals surface area (Å²) in [4.78, 5) is 0. The molecule has 1 aromatic carbocycles. The van der Waals surface area contributed by atoms with E-state index in [1.165, 1.54) is 0 Å². The maximum Gasteiger partial charge on any atom is 0.422 e. The van der Waals surface area contributed by atoms with Crippen LogP contribution < -0.4 is 0 Å². The molecule has 0 aliphatic carbocycles. The molecule has 0 saturated carbocycles. The van der Waals surface area contributed by atoms with Crippen LogP contribution in [0.4, 0.5) is 30.7 Å². The third-order valence-electron chi connectivity index (χ3n) is 1.78. The topological polar surface area (TPSA) is 19.9 Å². The second-order valence-electron chi connectivity index (χ2n) is 2.75. The van der Waals surface area contributed by atoms with Crippen LogP contribution in [0.2, 0.25) is 0 Å². The van der Waals surface area contributed by atoms with Gasteiger partial charge in [0.05, 0.1) is 5.56 Å². The van der Waals surface area contributed by atoms with Crippen molar-refractivity contribution < 1.29 is 35.8 Å². The monoisotopic (exact) mass is 247 g/mol. The first-order valence-electron chi connectivity index (χ1n) is 3.72. The lowest BCUT2D eigenvalue weighted by molar-refractivity contribution is -0.143. The molecule has 1 nitrogen and oxygen atoms in total. The summed E-state index contributed by atoms with van der Waals surface area (Å²) in [6, 6.07) is 0.